The average Bonchev–Trinajstić information content (AvgIpc) is 3.17. The van der Waals surface area contributed by atoms with Gasteiger partial charge in [-0.15, -0.1) is 5.10 Å². The maximum Gasteiger partial charge on any atom is 0.256 e. The molecule has 174 valence electrons. The smallest absolute Gasteiger partial charge is 0.256 e. The first-order valence-corrected chi connectivity index (χ1v) is 12.0. The number of carbonyl (C=O) groups is 1. The van der Waals surface area contributed by atoms with Crippen LogP contribution in [0.25, 0.3) is 5.65 Å². The third-order valence-corrected chi connectivity index (χ3v) is 6.74. The van der Waals surface area contributed by atoms with Gasteiger partial charge in [0.2, 0.25) is 0 Å². The van der Waals surface area contributed by atoms with Gasteiger partial charge in [0.1, 0.15) is 5.82 Å². The van der Waals surface area contributed by atoms with Gasteiger partial charge in [0.25, 0.3) is 5.91 Å². The zero-order valence-corrected chi connectivity index (χ0v) is 20.1. The SMILES string of the molecule is CCCc1ccc(C(=O)Nc2cn3nc(N4CCC(C)(C)c5ccccc5C4)ccc3n2)cc1. The molecule has 6 nitrogen and oxygen atoms in total. The lowest BCUT2D eigenvalue weighted by atomic mass is 9.80. The van der Waals surface area contributed by atoms with Gasteiger partial charge in [0.05, 0.1) is 6.20 Å². The summed E-state index contributed by atoms with van der Waals surface area (Å²) in [6, 6.07) is 20.4. The summed E-state index contributed by atoms with van der Waals surface area (Å²) < 4.78 is 1.75. The van der Waals surface area contributed by atoms with Crippen molar-refractivity contribution in [2.45, 2.75) is 52.0 Å². The Bertz CT molecular complexity index is 1320. The monoisotopic (exact) mass is 453 g/mol. The third-order valence-electron chi connectivity index (χ3n) is 6.74. The lowest BCUT2D eigenvalue weighted by Gasteiger charge is -2.25. The van der Waals surface area contributed by atoms with Gasteiger partial charge < -0.3 is 10.2 Å². The van der Waals surface area contributed by atoms with Crippen molar-refractivity contribution in [1.82, 2.24) is 14.6 Å². The lowest BCUT2D eigenvalue weighted by molar-refractivity contribution is 0.102. The Kier molecular flexibility index (Phi) is 5.82. The molecule has 0 saturated heterocycles. The first-order chi connectivity index (χ1) is 16.4. The van der Waals surface area contributed by atoms with Crippen molar-refractivity contribution in [2.75, 3.05) is 16.8 Å². The van der Waals surface area contributed by atoms with E-state index in [0.717, 1.165) is 38.2 Å². The molecule has 1 amide bonds. The third kappa shape index (κ3) is 4.40. The summed E-state index contributed by atoms with van der Waals surface area (Å²) in [6.45, 7) is 8.52. The van der Waals surface area contributed by atoms with Gasteiger partial charge in [-0.05, 0) is 59.2 Å². The Morgan fingerprint density at radius 2 is 1.85 bits per heavy atom. The molecule has 2 aromatic heterocycles. The van der Waals surface area contributed by atoms with Crippen LogP contribution in [0.3, 0.4) is 0 Å². The maximum atomic E-state index is 12.7. The van der Waals surface area contributed by atoms with E-state index in [4.69, 9.17) is 5.10 Å². The van der Waals surface area contributed by atoms with Crippen LogP contribution in [0.4, 0.5) is 11.6 Å². The zero-order valence-electron chi connectivity index (χ0n) is 20.1. The number of imidazole rings is 1. The second kappa shape index (κ2) is 8.93. The van der Waals surface area contributed by atoms with Crippen molar-refractivity contribution < 1.29 is 4.79 Å². The van der Waals surface area contributed by atoms with Gasteiger partial charge in [-0.25, -0.2) is 9.50 Å². The van der Waals surface area contributed by atoms with Crippen molar-refractivity contribution in [2.24, 2.45) is 0 Å². The molecule has 3 heterocycles. The fraction of sp³-hybridized carbons (Fsp3) is 0.321. The highest BCUT2D eigenvalue weighted by Gasteiger charge is 2.28. The highest BCUT2D eigenvalue weighted by atomic mass is 16.1. The summed E-state index contributed by atoms with van der Waals surface area (Å²) in [5.74, 6) is 1.23. The van der Waals surface area contributed by atoms with Gasteiger partial charge in [0, 0.05) is 18.7 Å². The summed E-state index contributed by atoms with van der Waals surface area (Å²) in [5.41, 5.74) is 5.44. The number of hydrogen-bond donors (Lipinski definition) is 1. The van der Waals surface area contributed by atoms with Gasteiger partial charge in [0.15, 0.2) is 11.5 Å². The van der Waals surface area contributed by atoms with E-state index in [1.165, 1.54) is 16.7 Å². The molecule has 0 radical (unpaired) electrons. The van der Waals surface area contributed by atoms with E-state index in [1.54, 1.807) is 10.7 Å². The average molecular weight is 454 g/mol. The molecule has 1 N–H and O–H groups in total. The fourth-order valence-electron chi connectivity index (χ4n) is 4.75. The first kappa shape index (κ1) is 22.1. The van der Waals surface area contributed by atoms with Gasteiger partial charge >= 0.3 is 0 Å². The molecule has 0 bridgehead atoms. The molecule has 2 aromatic carbocycles. The summed E-state index contributed by atoms with van der Waals surface area (Å²) >= 11 is 0. The van der Waals surface area contributed by atoms with E-state index >= 15 is 0 Å². The lowest BCUT2D eigenvalue weighted by Crippen LogP contribution is -2.26. The van der Waals surface area contributed by atoms with Crippen molar-refractivity contribution in [3.8, 4) is 0 Å². The molecule has 0 saturated carbocycles. The molecular weight excluding hydrogens is 422 g/mol. The van der Waals surface area contributed by atoms with Crippen LogP contribution in [-0.2, 0) is 18.4 Å². The van der Waals surface area contributed by atoms with Crippen LogP contribution in [0.5, 0.6) is 0 Å². The predicted molar refractivity (Wildman–Crippen MR) is 137 cm³/mol. The number of nitrogens with zero attached hydrogens (tertiary/aromatic N) is 4. The topological polar surface area (TPSA) is 62.5 Å². The fourth-order valence-corrected chi connectivity index (χ4v) is 4.75. The number of nitrogens with one attached hydrogen (secondary N) is 1. The van der Waals surface area contributed by atoms with Crippen molar-refractivity contribution in [1.29, 1.82) is 0 Å². The van der Waals surface area contributed by atoms with Crippen LogP contribution in [0.1, 0.15) is 60.7 Å². The normalized spacial score (nSPS) is 15.1. The number of rotatable bonds is 5. The van der Waals surface area contributed by atoms with E-state index in [-0.39, 0.29) is 11.3 Å². The largest absolute Gasteiger partial charge is 0.351 e. The number of amides is 1. The molecule has 0 aliphatic carbocycles. The highest BCUT2D eigenvalue weighted by molar-refractivity contribution is 6.03. The van der Waals surface area contributed by atoms with Crippen LogP contribution in [0.2, 0.25) is 0 Å². The summed E-state index contributed by atoms with van der Waals surface area (Å²) in [5, 5.41) is 7.73. The second-order valence-electron chi connectivity index (χ2n) is 9.73. The van der Waals surface area contributed by atoms with E-state index < -0.39 is 0 Å². The molecule has 1 aliphatic rings. The second-order valence-corrected chi connectivity index (χ2v) is 9.73. The Morgan fingerprint density at radius 1 is 1.06 bits per heavy atom. The van der Waals surface area contributed by atoms with Crippen molar-refractivity contribution in [3.05, 3.63) is 89.1 Å². The van der Waals surface area contributed by atoms with E-state index in [2.05, 4.69) is 60.2 Å². The Balaban J connectivity index is 1.35. The molecule has 1 aliphatic heterocycles. The number of aryl methyl sites for hydroxylation is 1. The minimum Gasteiger partial charge on any atom is -0.351 e. The molecule has 0 unspecified atom stereocenters. The number of carbonyl (C=O) groups excluding carboxylic acids is 1. The molecule has 0 spiro atoms. The van der Waals surface area contributed by atoms with E-state index in [1.807, 2.05) is 36.4 Å². The highest BCUT2D eigenvalue weighted by Crippen LogP contribution is 2.34. The van der Waals surface area contributed by atoms with Crippen LogP contribution in [0.15, 0.2) is 66.9 Å². The van der Waals surface area contributed by atoms with Crippen LogP contribution in [-0.4, -0.2) is 27.0 Å². The number of hydrogen-bond acceptors (Lipinski definition) is 4. The first-order valence-electron chi connectivity index (χ1n) is 12.0. The van der Waals surface area contributed by atoms with E-state index in [9.17, 15) is 4.79 Å². The van der Waals surface area contributed by atoms with Crippen LogP contribution in [0, 0.1) is 0 Å². The molecule has 0 fully saturated rings. The number of fused-ring (bicyclic) bond motifs is 2. The number of benzene rings is 2. The Morgan fingerprint density at radius 3 is 2.65 bits per heavy atom. The molecule has 0 atom stereocenters. The van der Waals surface area contributed by atoms with Gasteiger partial charge in [-0.1, -0.05) is 63.6 Å². The zero-order chi connectivity index (χ0) is 23.7. The Hall–Kier alpha value is -3.67. The molecular formula is C28H31N5O. The molecule has 6 heteroatoms. The summed E-state index contributed by atoms with van der Waals surface area (Å²) in [6.07, 6.45) is 4.93. The molecule has 5 rings (SSSR count). The molecule has 4 aromatic rings. The standard InChI is InChI=1S/C28H31N5O/c1-4-7-20-10-12-21(13-11-20)27(34)30-24-19-33-25(29-24)14-15-26(31-33)32-17-16-28(2,3)23-9-6-5-8-22(23)18-32/h5-6,8-15,19H,4,7,16-18H2,1-3H3,(H,30,34). The maximum absolute atomic E-state index is 12.7. The number of aromatic nitrogens is 3. The quantitative estimate of drug-likeness (QED) is 0.426. The van der Waals surface area contributed by atoms with Crippen molar-refractivity contribution in [3.63, 3.8) is 0 Å². The van der Waals surface area contributed by atoms with Gasteiger partial charge in [-0.2, -0.15) is 0 Å². The number of anilines is 2. The molecule has 34 heavy (non-hydrogen) atoms. The summed E-state index contributed by atoms with van der Waals surface area (Å²) in [7, 11) is 0. The van der Waals surface area contributed by atoms with Crippen LogP contribution < -0.4 is 10.2 Å². The minimum atomic E-state index is -0.168. The van der Waals surface area contributed by atoms with Crippen LogP contribution >= 0.6 is 0 Å². The van der Waals surface area contributed by atoms with E-state index in [0.29, 0.717) is 17.0 Å². The van der Waals surface area contributed by atoms with Crippen molar-refractivity contribution >= 4 is 23.2 Å². The van der Waals surface area contributed by atoms with Gasteiger partial charge in [-0.3, -0.25) is 4.79 Å². The summed E-state index contributed by atoms with van der Waals surface area (Å²) in [4.78, 5) is 19.6. The minimum absolute atomic E-state index is 0.122. The predicted octanol–water partition coefficient (Wildman–Crippen LogP) is 5.62. The Labute approximate surface area is 200 Å².